The van der Waals surface area contributed by atoms with Gasteiger partial charge in [-0.25, -0.2) is 0 Å². The molecule has 0 aliphatic rings. The van der Waals surface area contributed by atoms with Gasteiger partial charge in [0.05, 0.1) is 0 Å². The fourth-order valence-corrected chi connectivity index (χ4v) is 1.83. The van der Waals surface area contributed by atoms with Gasteiger partial charge in [0.15, 0.2) is 0 Å². The van der Waals surface area contributed by atoms with Crippen LogP contribution in [0.5, 0.6) is 0 Å². The van der Waals surface area contributed by atoms with Crippen LogP contribution in [0.1, 0.15) is 11.1 Å². The van der Waals surface area contributed by atoms with Crippen molar-refractivity contribution in [2.24, 2.45) is 0 Å². The zero-order chi connectivity index (χ0) is 7.72. The molecule has 2 heteroatoms. The van der Waals surface area contributed by atoms with E-state index in [1.54, 1.807) is 0 Å². The van der Waals surface area contributed by atoms with Gasteiger partial charge >= 0.3 is 0 Å². The van der Waals surface area contributed by atoms with E-state index in [2.05, 4.69) is 64.5 Å². The van der Waals surface area contributed by atoms with Crippen molar-refractivity contribution in [2.45, 2.75) is 13.8 Å². The first-order valence-corrected chi connectivity index (χ1v) is 4.90. The molecule has 0 aromatic heterocycles. The highest BCUT2D eigenvalue weighted by atomic mass is 127. The summed E-state index contributed by atoms with van der Waals surface area (Å²) in [6.45, 7) is 4.25. The van der Waals surface area contributed by atoms with Crippen molar-refractivity contribution in [1.29, 1.82) is 0 Å². The molecule has 0 fully saturated rings. The zero-order valence-electron chi connectivity index (χ0n) is 5.91. The fourth-order valence-electron chi connectivity index (χ4n) is 0.746. The first-order valence-electron chi connectivity index (χ1n) is 3.03. The van der Waals surface area contributed by atoms with E-state index in [1.165, 1.54) is 19.2 Å². The van der Waals surface area contributed by atoms with Crippen molar-refractivity contribution in [3.8, 4) is 0 Å². The van der Waals surface area contributed by atoms with Crippen LogP contribution in [-0.2, 0) is 0 Å². The van der Waals surface area contributed by atoms with Gasteiger partial charge in [0.25, 0.3) is 0 Å². The summed E-state index contributed by atoms with van der Waals surface area (Å²) >= 11 is 5.79. The summed E-state index contributed by atoms with van der Waals surface area (Å²) in [5.41, 5.74) is 2.69. The number of rotatable bonds is 0. The lowest BCUT2D eigenvalue weighted by Crippen LogP contribution is -1.82. The lowest BCUT2D eigenvalue weighted by Gasteiger charge is -2.01. The third kappa shape index (κ3) is 1.72. The van der Waals surface area contributed by atoms with E-state index >= 15 is 0 Å². The van der Waals surface area contributed by atoms with E-state index < -0.39 is 0 Å². The predicted octanol–water partition coefficient (Wildman–Crippen LogP) is 3.67. The van der Waals surface area contributed by atoms with Crippen LogP contribution >= 0.6 is 38.5 Å². The minimum atomic E-state index is 1.19. The Kier molecular flexibility index (Phi) is 2.74. The summed E-state index contributed by atoms with van der Waals surface area (Å²) in [6, 6.07) is 4.33. The molecule has 0 atom stereocenters. The number of halogens is 2. The number of hydrogen-bond acceptors (Lipinski definition) is 0. The number of aryl methyl sites for hydroxylation is 2. The van der Waals surface area contributed by atoms with Crippen LogP contribution in [-0.4, -0.2) is 0 Å². The maximum atomic E-state index is 3.47. The van der Waals surface area contributed by atoms with E-state index in [1.807, 2.05) is 0 Å². The van der Waals surface area contributed by atoms with Crippen molar-refractivity contribution in [2.75, 3.05) is 0 Å². The molecule has 0 radical (unpaired) electrons. The van der Waals surface area contributed by atoms with Crippen molar-refractivity contribution >= 4 is 38.5 Å². The Bertz CT molecular complexity index is 205. The second kappa shape index (κ2) is 3.22. The lowest BCUT2D eigenvalue weighted by molar-refractivity contribution is 1.31. The van der Waals surface area contributed by atoms with Crippen LogP contribution in [0.15, 0.2) is 16.6 Å². The van der Waals surface area contributed by atoms with Crippen molar-refractivity contribution in [3.63, 3.8) is 0 Å². The van der Waals surface area contributed by atoms with E-state index in [0.29, 0.717) is 0 Å². The van der Waals surface area contributed by atoms with Crippen LogP contribution in [0, 0.1) is 17.4 Å². The molecule has 1 rings (SSSR count). The zero-order valence-corrected chi connectivity index (χ0v) is 9.65. The minimum Gasteiger partial charge on any atom is -0.0497 e. The molecule has 1 aromatic carbocycles. The maximum absolute atomic E-state index is 3.47. The second-order valence-electron chi connectivity index (χ2n) is 2.35. The van der Waals surface area contributed by atoms with E-state index in [0.717, 1.165) is 0 Å². The molecule has 1 aromatic rings. The highest BCUT2D eigenvalue weighted by Crippen LogP contribution is 2.22. The van der Waals surface area contributed by atoms with Crippen LogP contribution < -0.4 is 0 Å². The molecule has 0 bridgehead atoms. The highest BCUT2D eigenvalue weighted by molar-refractivity contribution is 14.1. The number of hydrogen-bond donors (Lipinski definition) is 0. The standard InChI is InChI=1S/C8H8BrI/c1-5-3-7(9)8(10)4-6(5)2/h3-4H,1-2H3. The molecule has 0 amide bonds. The third-order valence-electron chi connectivity index (χ3n) is 1.54. The molecule has 0 saturated heterocycles. The van der Waals surface area contributed by atoms with Crippen LogP contribution in [0.2, 0.25) is 0 Å². The Labute approximate surface area is 83.3 Å². The molecule has 0 aliphatic heterocycles. The SMILES string of the molecule is Cc1cc(Br)c(I)cc1C. The van der Waals surface area contributed by atoms with Gasteiger partial charge in [-0.2, -0.15) is 0 Å². The molecule has 0 heterocycles. The Morgan fingerprint density at radius 2 is 1.70 bits per heavy atom. The van der Waals surface area contributed by atoms with Gasteiger partial charge in [0, 0.05) is 8.04 Å². The molecular formula is C8H8BrI. The smallest absolute Gasteiger partial charge is 0.0311 e. The van der Waals surface area contributed by atoms with Crippen LogP contribution in [0.4, 0.5) is 0 Å². The molecular weight excluding hydrogens is 303 g/mol. The fraction of sp³-hybridized carbons (Fsp3) is 0.250. The molecule has 0 aliphatic carbocycles. The van der Waals surface area contributed by atoms with E-state index in [9.17, 15) is 0 Å². The van der Waals surface area contributed by atoms with Gasteiger partial charge in [-0.15, -0.1) is 0 Å². The number of benzene rings is 1. The van der Waals surface area contributed by atoms with Crippen LogP contribution in [0.25, 0.3) is 0 Å². The normalized spacial score (nSPS) is 10.0. The van der Waals surface area contributed by atoms with E-state index in [4.69, 9.17) is 0 Å². The van der Waals surface area contributed by atoms with Crippen molar-refractivity contribution in [3.05, 3.63) is 31.3 Å². The summed E-state index contributed by atoms with van der Waals surface area (Å²) in [4.78, 5) is 0. The second-order valence-corrected chi connectivity index (χ2v) is 4.37. The van der Waals surface area contributed by atoms with Gasteiger partial charge in [0.1, 0.15) is 0 Å². The summed E-state index contributed by atoms with van der Waals surface area (Å²) < 4.78 is 2.47. The summed E-state index contributed by atoms with van der Waals surface area (Å²) in [5.74, 6) is 0. The average molecular weight is 311 g/mol. The Hall–Kier alpha value is 0.430. The Balaban J connectivity index is 3.28. The quantitative estimate of drug-likeness (QED) is 0.641. The van der Waals surface area contributed by atoms with Gasteiger partial charge < -0.3 is 0 Å². The minimum absolute atomic E-state index is 1.19. The Morgan fingerprint density at radius 3 is 2.20 bits per heavy atom. The maximum Gasteiger partial charge on any atom is 0.0311 e. The van der Waals surface area contributed by atoms with Gasteiger partial charge in [0.2, 0.25) is 0 Å². The Morgan fingerprint density at radius 1 is 1.20 bits per heavy atom. The topological polar surface area (TPSA) is 0 Å². The van der Waals surface area contributed by atoms with Crippen molar-refractivity contribution < 1.29 is 0 Å². The molecule has 0 nitrogen and oxygen atoms in total. The molecule has 10 heavy (non-hydrogen) atoms. The predicted molar refractivity (Wildman–Crippen MR) is 56.3 cm³/mol. The van der Waals surface area contributed by atoms with Crippen molar-refractivity contribution in [1.82, 2.24) is 0 Å². The first kappa shape index (κ1) is 8.53. The third-order valence-corrected chi connectivity index (χ3v) is 3.83. The molecule has 0 spiro atoms. The lowest BCUT2D eigenvalue weighted by atomic mass is 10.1. The molecule has 54 valence electrons. The van der Waals surface area contributed by atoms with Crippen LogP contribution in [0.3, 0.4) is 0 Å². The highest BCUT2D eigenvalue weighted by Gasteiger charge is 1.97. The monoisotopic (exact) mass is 310 g/mol. The summed E-state index contributed by atoms with van der Waals surface area (Å²) in [6.07, 6.45) is 0. The largest absolute Gasteiger partial charge is 0.0497 e. The van der Waals surface area contributed by atoms with Gasteiger partial charge in [-0.3, -0.25) is 0 Å². The first-order chi connectivity index (χ1) is 4.61. The summed E-state index contributed by atoms with van der Waals surface area (Å²) in [7, 11) is 0. The average Bonchev–Trinajstić information content (AvgIpc) is 1.84. The molecule has 0 N–H and O–H groups in total. The van der Waals surface area contributed by atoms with Gasteiger partial charge in [-0.05, 0) is 75.6 Å². The summed E-state index contributed by atoms with van der Waals surface area (Å²) in [5, 5.41) is 0. The molecule has 0 saturated carbocycles. The van der Waals surface area contributed by atoms with E-state index in [-0.39, 0.29) is 0 Å². The molecule has 0 unspecified atom stereocenters. The van der Waals surface area contributed by atoms with Gasteiger partial charge in [-0.1, -0.05) is 0 Å².